The molecule has 2 atom stereocenters. The quantitative estimate of drug-likeness (QED) is 0.900. The highest BCUT2D eigenvalue weighted by Crippen LogP contribution is 2.37. The fourth-order valence-corrected chi connectivity index (χ4v) is 3.07. The average molecular weight is 280 g/mol. The third-order valence-corrected chi connectivity index (χ3v) is 4.20. The standard InChI is InChI=1S/C14H24N4O2/c1-11(2)15-8-13-16-10-17-18(13)12-3-5-20-14(7-12)4-6-19-9-14/h10-12,15H,3-9H2,1-2H3. The smallest absolute Gasteiger partial charge is 0.141 e. The third kappa shape index (κ3) is 2.87. The molecule has 1 N–H and O–H groups in total. The van der Waals surface area contributed by atoms with E-state index in [-0.39, 0.29) is 5.60 Å². The van der Waals surface area contributed by atoms with E-state index in [1.165, 1.54) is 0 Å². The van der Waals surface area contributed by atoms with Crippen LogP contribution in [0.5, 0.6) is 0 Å². The second-order valence-corrected chi connectivity index (χ2v) is 6.14. The predicted molar refractivity (Wildman–Crippen MR) is 74.4 cm³/mol. The summed E-state index contributed by atoms with van der Waals surface area (Å²) in [5, 5.41) is 7.85. The number of nitrogens with zero attached hydrogens (tertiary/aromatic N) is 3. The van der Waals surface area contributed by atoms with E-state index in [4.69, 9.17) is 9.47 Å². The normalized spacial score (nSPS) is 30.4. The van der Waals surface area contributed by atoms with Crippen LogP contribution in [0, 0.1) is 0 Å². The van der Waals surface area contributed by atoms with E-state index in [9.17, 15) is 0 Å². The zero-order chi connectivity index (χ0) is 14.0. The van der Waals surface area contributed by atoms with Crippen molar-refractivity contribution in [2.75, 3.05) is 19.8 Å². The first kappa shape index (κ1) is 14.0. The minimum atomic E-state index is -0.0857. The van der Waals surface area contributed by atoms with Crippen molar-refractivity contribution in [2.45, 2.75) is 57.3 Å². The Kier molecular flexibility index (Phi) is 4.05. The summed E-state index contributed by atoms with van der Waals surface area (Å²) in [6.07, 6.45) is 4.63. The van der Waals surface area contributed by atoms with Crippen LogP contribution in [0.4, 0.5) is 0 Å². The van der Waals surface area contributed by atoms with Gasteiger partial charge in [-0.1, -0.05) is 13.8 Å². The monoisotopic (exact) mass is 280 g/mol. The Morgan fingerprint density at radius 1 is 1.50 bits per heavy atom. The van der Waals surface area contributed by atoms with Gasteiger partial charge in [0.2, 0.25) is 0 Å². The predicted octanol–water partition coefficient (Wildman–Crippen LogP) is 1.29. The maximum atomic E-state index is 5.99. The Bertz CT molecular complexity index is 440. The molecule has 0 amide bonds. The Balaban J connectivity index is 1.70. The van der Waals surface area contributed by atoms with E-state index in [2.05, 4.69) is 33.9 Å². The molecule has 0 aromatic carbocycles. The molecule has 6 nitrogen and oxygen atoms in total. The van der Waals surface area contributed by atoms with Gasteiger partial charge in [-0.15, -0.1) is 0 Å². The highest BCUT2D eigenvalue weighted by Gasteiger charge is 2.42. The molecule has 1 aromatic heterocycles. The molecule has 2 fully saturated rings. The van der Waals surface area contributed by atoms with Gasteiger partial charge in [0.25, 0.3) is 0 Å². The zero-order valence-corrected chi connectivity index (χ0v) is 12.3. The molecule has 3 rings (SSSR count). The SMILES string of the molecule is CC(C)NCc1ncnn1C1CCOC2(CCOC2)C1. The Morgan fingerprint density at radius 3 is 3.15 bits per heavy atom. The number of ether oxygens (including phenoxy) is 2. The molecule has 20 heavy (non-hydrogen) atoms. The van der Waals surface area contributed by atoms with Gasteiger partial charge in [0.05, 0.1) is 24.8 Å². The fraction of sp³-hybridized carbons (Fsp3) is 0.857. The number of nitrogens with one attached hydrogen (secondary N) is 1. The lowest BCUT2D eigenvalue weighted by Crippen LogP contribution is -2.41. The minimum Gasteiger partial charge on any atom is -0.378 e. The molecule has 0 radical (unpaired) electrons. The van der Waals surface area contributed by atoms with Gasteiger partial charge in [0, 0.05) is 32.1 Å². The van der Waals surface area contributed by atoms with Crippen LogP contribution in [0.2, 0.25) is 0 Å². The summed E-state index contributed by atoms with van der Waals surface area (Å²) in [6.45, 7) is 7.35. The van der Waals surface area contributed by atoms with Crippen molar-refractivity contribution in [2.24, 2.45) is 0 Å². The van der Waals surface area contributed by atoms with Gasteiger partial charge in [-0.05, 0) is 6.42 Å². The van der Waals surface area contributed by atoms with E-state index < -0.39 is 0 Å². The first-order valence-electron chi connectivity index (χ1n) is 7.52. The summed E-state index contributed by atoms with van der Waals surface area (Å²) in [6, 6.07) is 0.821. The van der Waals surface area contributed by atoms with Crippen LogP contribution in [-0.4, -0.2) is 46.2 Å². The summed E-state index contributed by atoms with van der Waals surface area (Å²) in [7, 11) is 0. The molecule has 2 saturated heterocycles. The second kappa shape index (κ2) is 5.79. The molecule has 2 aliphatic heterocycles. The van der Waals surface area contributed by atoms with Gasteiger partial charge in [-0.3, -0.25) is 0 Å². The number of rotatable bonds is 4. The maximum Gasteiger partial charge on any atom is 0.141 e. The van der Waals surface area contributed by atoms with Crippen LogP contribution in [-0.2, 0) is 16.0 Å². The Hall–Kier alpha value is -0.980. The Morgan fingerprint density at radius 2 is 2.40 bits per heavy atom. The molecular formula is C14H24N4O2. The molecule has 1 aromatic rings. The molecule has 2 unspecified atom stereocenters. The van der Waals surface area contributed by atoms with Gasteiger partial charge in [-0.25, -0.2) is 9.67 Å². The van der Waals surface area contributed by atoms with Crippen molar-refractivity contribution in [1.29, 1.82) is 0 Å². The second-order valence-electron chi connectivity index (χ2n) is 6.14. The lowest BCUT2D eigenvalue weighted by Gasteiger charge is -2.37. The highest BCUT2D eigenvalue weighted by molar-refractivity contribution is 4.95. The number of hydrogen-bond acceptors (Lipinski definition) is 5. The summed E-state index contributed by atoms with van der Waals surface area (Å²) >= 11 is 0. The van der Waals surface area contributed by atoms with Crippen molar-refractivity contribution in [3.8, 4) is 0 Å². The first-order valence-corrected chi connectivity index (χ1v) is 7.52. The van der Waals surface area contributed by atoms with Crippen LogP contribution in [0.15, 0.2) is 6.33 Å². The van der Waals surface area contributed by atoms with Gasteiger partial charge in [-0.2, -0.15) is 5.10 Å². The van der Waals surface area contributed by atoms with Crippen molar-refractivity contribution in [1.82, 2.24) is 20.1 Å². The van der Waals surface area contributed by atoms with E-state index in [0.717, 1.165) is 51.5 Å². The lowest BCUT2D eigenvalue weighted by molar-refractivity contribution is -0.0966. The van der Waals surface area contributed by atoms with Crippen LogP contribution < -0.4 is 5.32 Å². The number of aromatic nitrogens is 3. The van der Waals surface area contributed by atoms with Crippen molar-refractivity contribution < 1.29 is 9.47 Å². The highest BCUT2D eigenvalue weighted by atomic mass is 16.6. The molecule has 1 spiro atoms. The van der Waals surface area contributed by atoms with Crippen molar-refractivity contribution in [3.63, 3.8) is 0 Å². The van der Waals surface area contributed by atoms with E-state index in [0.29, 0.717) is 12.1 Å². The minimum absolute atomic E-state index is 0.0857. The van der Waals surface area contributed by atoms with Crippen LogP contribution in [0.1, 0.15) is 45.0 Å². The summed E-state index contributed by atoms with van der Waals surface area (Å²) in [4.78, 5) is 4.40. The van der Waals surface area contributed by atoms with Crippen LogP contribution in [0.3, 0.4) is 0 Å². The van der Waals surface area contributed by atoms with Gasteiger partial charge >= 0.3 is 0 Å². The summed E-state index contributed by atoms with van der Waals surface area (Å²) in [5.41, 5.74) is -0.0857. The van der Waals surface area contributed by atoms with Crippen molar-refractivity contribution >= 4 is 0 Å². The average Bonchev–Trinajstić information content (AvgIpc) is 3.06. The van der Waals surface area contributed by atoms with E-state index in [1.54, 1.807) is 6.33 Å². The van der Waals surface area contributed by atoms with E-state index in [1.807, 2.05) is 0 Å². The van der Waals surface area contributed by atoms with Crippen LogP contribution >= 0.6 is 0 Å². The topological polar surface area (TPSA) is 61.2 Å². The first-order chi connectivity index (χ1) is 9.69. The van der Waals surface area contributed by atoms with Crippen molar-refractivity contribution in [3.05, 3.63) is 12.2 Å². The third-order valence-electron chi connectivity index (χ3n) is 4.20. The van der Waals surface area contributed by atoms with E-state index >= 15 is 0 Å². The molecule has 2 aliphatic rings. The lowest BCUT2D eigenvalue weighted by atomic mass is 9.90. The van der Waals surface area contributed by atoms with Gasteiger partial charge < -0.3 is 14.8 Å². The molecule has 0 bridgehead atoms. The molecule has 0 aliphatic carbocycles. The zero-order valence-electron chi connectivity index (χ0n) is 12.3. The fourth-order valence-electron chi connectivity index (χ4n) is 3.07. The summed E-state index contributed by atoms with van der Waals surface area (Å²) in [5.74, 6) is 1.01. The van der Waals surface area contributed by atoms with Gasteiger partial charge in [0.15, 0.2) is 0 Å². The molecule has 0 saturated carbocycles. The van der Waals surface area contributed by atoms with Gasteiger partial charge in [0.1, 0.15) is 12.2 Å². The largest absolute Gasteiger partial charge is 0.378 e. The molecule has 3 heterocycles. The van der Waals surface area contributed by atoms with Crippen LogP contribution in [0.25, 0.3) is 0 Å². The summed E-state index contributed by atoms with van der Waals surface area (Å²) < 4.78 is 13.6. The molecular weight excluding hydrogens is 256 g/mol. The maximum absolute atomic E-state index is 5.99. The molecule has 6 heteroatoms. The number of hydrogen-bond donors (Lipinski definition) is 1. The molecule has 112 valence electrons. The Labute approximate surface area is 119 Å².